The molecule has 0 aromatic heterocycles. The lowest BCUT2D eigenvalue weighted by molar-refractivity contribution is 0.101. The summed E-state index contributed by atoms with van der Waals surface area (Å²) in [6.45, 7) is 2.08. The molecule has 66 valence electrons. The molecule has 0 heterocycles. The van der Waals surface area contributed by atoms with Gasteiger partial charge in [-0.2, -0.15) is 0 Å². The van der Waals surface area contributed by atoms with Crippen LogP contribution in [0.5, 0.6) is 0 Å². The van der Waals surface area contributed by atoms with E-state index >= 15 is 0 Å². The van der Waals surface area contributed by atoms with Crippen molar-refractivity contribution in [3.05, 3.63) is 35.4 Å². The van der Waals surface area contributed by atoms with Crippen LogP contribution in [0.3, 0.4) is 0 Å². The molecule has 0 atom stereocenters. The van der Waals surface area contributed by atoms with Crippen LogP contribution in [0.15, 0.2) is 24.3 Å². The van der Waals surface area contributed by atoms with Gasteiger partial charge in [0.25, 0.3) is 0 Å². The number of Topliss-reactive ketones (excluding diaryl/α,β-unsaturated/α-hetero) is 1. The lowest BCUT2D eigenvalue weighted by atomic mass is 10.1. The maximum Gasteiger partial charge on any atom is 0.159 e. The van der Waals surface area contributed by atoms with Crippen molar-refractivity contribution >= 4 is 22.8 Å². The average molecular weight is 230 g/mol. The number of carbonyl (C=O) groups is 1. The van der Waals surface area contributed by atoms with Crippen molar-refractivity contribution in [3.8, 4) is 0 Å². The molecule has 0 saturated heterocycles. The fourth-order valence-electron chi connectivity index (χ4n) is 0.876. The molecule has 0 amide bonds. The minimum absolute atomic E-state index is 0. The van der Waals surface area contributed by atoms with Gasteiger partial charge in [-0.15, -0.1) is 17.0 Å². The first kappa shape index (κ1) is 11.3. The first-order valence-corrected chi connectivity index (χ1v) is 3.54. The molecule has 0 aliphatic carbocycles. The van der Waals surface area contributed by atoms with Gasteiger partial charge in [-0.1, -0.05) is 24.3 Å². The first-order valence-electron chi connectivity index (χ1n) is 3.54. The van der Waals surface area contributed by atoms with E-state index in [1.165, 1.54) is 0 Å². The zero-order chi connectivity index (χ0) is 8.27. The second-order valence-corrected chi connectivity index (χ2v) is 2.46. The Balaban J connectivity index is 0.00000121. The Labute approximate surface area is 82.5 Å². The normalized spacial score (nSPS) is 8.83. The van der Waals surface area contributed by atoms with Crippen molar-refractivity contribution in [1.29, 1.82) is 0 Å². The van der Waals surface area contributed by atoms with Crippen LogP contribution in [-0.2, 0) is 6.54 Å². The van der Waals surface area contributed by atoms with Crippen molar-refractivity contribution in [2.75, 3.05) is 0 Å². The van der Waals surface area contributed by atoms with Gasteiger partial charge >= 0.3 is 0 Å². The molecule has 1 rings (SSSR count). The number of halogens is 1. The number of ketones is 1. The second kappa shape index (κ2) is 5.06. The summed E-state index contributed by atoms with van der Waals surface area (Å²) in [6.07, 6.45) is 0. The van der Waals surface area contributed by atoms with Crippen LogP contribution in [0, 0.1) is 0 Å². The fraction of sp³-hybridized carbons (Fsp3) is 0.222. The molecule has 0 aliphatic rings. The van der Waals surface area contributed by atoms with E-state index in [-0.39, 0.29) is 22.8 Å². The number of carbonyl (C=O) groups excluding carboxylic acids is 1. The van der Waals surface area contributed by atoms with Gasteiger partial charge in [-0.25, -0.2) is 0 Å². The molecule has 0 fully saturated rings. The largest absolute Gasteiger partial charge is 0.326 e. The van der Waals surface area contributed by atoms with Crippen molar-refractivity contribution < 1.29 is 4.79 Å². The summed E-state index contributed by atoms with van der Waals surface area (Å²) in [5.74, 6) is 0.0913. The predicted molar refractivity (Wildman–Crippen MR) is 54.7 cm³/mol. The Hall–Kier alpha value is -0.670. The number of hydrogen-bond donors (Lipinski definition) is 1. The molecule has 2 N–H and O–H groups in total. The van der Waals surface area contributed by atoms with E-state index < -0.39 is 0 Å². The van der Waals surface area contributed by atoms with E-state index in [1.54, 1.807) is 19.1 Å². The molecule has 12 heavy (non-hydrogen) atoms. The Morgan fingerprint density at radius 3 is 2.17 bits per heavy atom. The lowest BCUT2D eigenvalue weighted by Gasteiger charge is -1.97. The summed E-state index contributed by atoms with van der Waals surface area (Å²) < 4.78 is 0. The van der Waals surface area contributed by atoms with Gasteiger partial charge in [-0.3, -0.25) is 4.79 Å². The molecule has 1 aromatic rings. The molecule has 3 heteroatoms. The van der Waals surface area contributed by atoms with Gasteiger partial charge in [0.2, 0.25) is 0 Å². The molecule has 0 spiro atoms. The fourth-order valence-corrected chi connectivity index (χ4v) is 0.876. The maximum absolute atomic E-state index is 10.8. The zero-order valence-electron chi connectivity index (χ0n) is 6.91. The van der Waals surface area contributed by atoms with Crippen LogP contribution < -0.4 is 5.73 Å². The van der Waals surface area contributed by atoms with Crippen LogP contribution in [-0.4, -0.2) is 5.78 Å². The summed E-state index contributed by atoms with van der Waals surface area (Å²) in [7, 11) is 0. The quantitative estimate of drug-likeness (QED) is 0.788. The highest BCUT2D eigenvalue weighted by Gasteiger charge is 1.96. The summed E-state index contributed by atoms with van der Waals surface area (Å²) in [5, 5.41) is 0. The molecule has 2 nitrogen and oxygen atoms in total. The van der Waals surface area contributed by atoms with Crippen molar-refractivity contribution in [3.63, 3.8) is 0 Å². The SMILES string of the molecule is Br.CC(=O)c1ccc(CN)cc1. The van der Waals surface area contributed by atoms with Crippen molar-refractivity contribution in [2.24, 2.45) is 5.73 Å². The summed E-state index contributed by atoms with van der Waals surface area (Å²) >= 11 is 0. The maximum atomic E-state index is 10.8. The Bertz CT molecular complexity index is 256. The van der Waals surface area contributed by atoms with Crippen LogP contribution in [0.2, 0.25) is 0 Å². The highest BCUT2D eigenvalue weighted by atomic mass is 79.9. The molecule has 0 radical (unpaired) electrons. The average Bonchev–Trinajstić information content (AvgIpc) is 2.05. The van der Waals surface area contributed by atoms with Gasteiger partial charge in [0, 0.05) is 12.1 Å². The predicted octanol–water partition coefficient (Wildman–Crippen LogP) is 1.93. The number of hydrogen-bond acceptors (Lipinski definition) is 2. The van der Waals surface area contributed by atoms with Crippen LogP contribution >= 0.6 is 17.0 Å². The van der Waals surface area contributed by atoms with Crippen LogP contribution in [0.25, 0.3) is 0 Å². The zero-order valence-corrected chi connectivity index (χ0v) is 8.62. The second-order valence-electron chi connectivity index (χ2n) is 2.46. The minimum Gasteiger partial charge on any atom is -0.326 e. The van der Waals surface area contributed by atoms with E-state index in [4.69, 9.17) is 5.73 Å². The minimum atomic E-state index is 0. The standard InChI is InChI=1S/C9H11NO.BrH/c1-7(11)9-4-2-8(6-10)3-5-9;/h2-5H,6,10H2,1H3;1H. The molecule has 1 aromatic carbocycles. The topological polar surface area (TPSA) is 43.1 Å². The Morgan fingerprint density at radius 2 is 1.83 bits per heavy atom. The van der Waals surface area contributed by atoms with Gasteiger partial charge in [-0.05, 0) is 12.5 Å². The monoisotopic (exact) mass is 229 g/mol. The van der Waals surface area contributed by atoms with Gasteiger partial charge in [0.1, 0.15) is 0 Å². The Kier molecular flexibility index (Phi) is 4.78. The summed E-state index contributed by atoms with van der Waals surface area (Å²) in [4.78, 5) is 10.8. The van der Waals surface area contributed by atoms with Gasteiger partial charge in [0.15, 0.2) is 5.78 Å². The lowest BCUT2D eigenvalue weighted by Crippen LogP contribution is -1.97. The highest BCUT2D eigenvalue weighted by molar-refractivity contribution is 8.93. The molecular weight excluding hydrogens is 218 g/mol. The van der Waals surface area contributed by atoms with Crippen molar-refractivity contribution in [2.45, 2.75) is 13.5 Å². The third kappa shape index (κ3) is 2.75. The van der Waals surface area contributed by atoms with Gasteiger partial charge < -0.3 is 5.73 Å². The third-order valence-electron chi connectivity index (χ3n) is 1.60. The first-order chi connectivity index (χ1) is 5.24. The van der Waals surface area contributed by atoms with E-state index in [0.29, 0.717) is 6.54 Å². The molecule has 0 bridgehead atoms. The van der Waals surface area contributed by atoms with Crippen LogP contribution in [0.1, 0.15) is 22.8 Å². The summed E-state index contributed by atoms with van der Waals surface area (Å²) in [6, 6.07) is 7.34. The summed E-state index contributed by atoms with van der Waals surface area (Å²) in [5.41, 5.74) is 7.18. The van der Waals surface area contributed by atoms with E-state index in [9.17, 15) is 4.79 Å². The van der Waals surface area contributed by atoms with E-state index in [2.05, 4.69) is 0 Å². The highest BCUT2D eigenvalue weighted by Crippen LogP contribution is 2.03. The van der Waals surface area contributed by atoms with E-state index in [1.807, 2.05) is 12.1 Å². The van der Waals surface area contributed by atoms with Crippen molar-refractivity contribution in [1.82, 2.24) is 0 Å². The molecule has 0 saturated carbocycles. The van der Waals surface area contributed by atoms with Gasteiger partial charge in [0.05, 0.1) is 0 Å². The number of nitrogens with two attached hydrogens (primary N) is 1. The number of benzene rings is 1. The Morgan fingerprint density at radius 1 is 1.33 bits per heavy atom. The smallest absolute Gasteiger partial charge is 0.159 e. The third-order valence-corrected chi connectivity index (χ3v) is 1.60. The van der Waals surface area contributed by atoms with E-state index in [0.717, 1.165) is 11.1 Å². The molecule has 0 aliphatic heterocycles. The van der Waals surface area contributed by atoms with Crippen LogP contribution in [0.4, 0.5) is 0 Å². The molecule has 0 unspecified atom stereocenters. The number of rotatable bonds is 2. The molecular formula is C9H12BrNO.